The summed E-state index contributed by atoms with van der Waals surface area (Å²) in [5.74, 6) is 0. The molecule has 0 amide bonds. The Labute approximate surface area is 217 Å². The van der Waals surface area contributed by atoms with Gasteiger partial charge in [-0.1, -0.05) is 17.7 Å². The van der Waals surface area contributed by atoms with Crippen molar-refractivity contribution in [2.75, 3.05) is 37.7 Å². The van der Waals surface area contributed by atoms with Crippen molar-refractivity contribution in [3.8, 4) is 0 Å². The van der Waals surface area contributed by atoms with Crippen LogP contribution < -0.4 is 10.2 Å². The number of nitrogens with one attached hydrogen (secondary N) is 1. The summed E-state index contributed by atoms with van der Waals surface area (Å²) in [5.41, 5.74) is 5.82. The van der Waals surface area contributed by atoms with Gasteiger partial charge in [0.25, 0.3) is 0 Å². The Morgan fingerprint density at radius 2 is 1.86 bits per heavy atom. The molecule has 2 fully saturated rings. The molecule has 6 nitrogen and oxygen atoms in total. The lowest BCUT2D eigenvalue weighted by Gasteiger charge is -2.28. The minimum atomic E-state index is -0.0540. The largest absolute Gasteiger partial charge is 0.379 e. The summed E-state index contributed by atoms with van der Waals surface area (Å²) < 4.78 is 7.94. The van der Waals surface area contributed by atoms with Crippen LogP contribution in [0.3, 0.4) is 0 Å². The molecule has 0 saturated carbocycles. The second-order valence-electron chi connectivity index (χ2n) is 9.26. The van der Waals surface area contributed by atoms with Gasteiger partial charge in [-0.3, -0.25) is 9.88 Å². The zero-order chi connectivity index (χ0) is 24.4. The van der Waals surface area contributed by atoms with Gasteiger partial charge in [0.15, 0.2) is 5.11 Å². The Hall–Kier alpha value is -2.45. The molecule has 184 valence electrons. The smallest absolute Gasteiger partial charge is 0.174 e. The van der Waals surface area contributed by atoms with Gasteiger partial charge in [-0.2, -0.15) is 0 Å². The summed E-state index contributed by atoms with van der Waals surface area (Å²) in [7, 11) is 0. The van der Waals surface area contributed by atoms with Crippen molar-refractivity contribution in [2.45, 2.75) is 38.9 Å². The molecule has 0 aliphatic carbocycles. The van der Waals surface area contributed by atoms with Gasteiger partial charge < -0.3 is 19.5 Å². The zero-order valence-electron chi connectivity index (χ0n) is 20.3. The van der Waals surface area contributed by atoms with Crippen LogP contribution in [-0.2, 0) is 11.3 Å². The summed E-state index contributed by atoms with van der Waals surface area (Å²) in [6, 6.07) is 16.2. The zero-order valence-corrected chi connectivity index (χ0v) is 21.9. The van der Waals surface area contributed by atoms with Crippen molar-refractivity contribution < 1.29 is 4.74 Å². The summed E-state index contributed by atoms with van der Waals surface area (Å²) in [6.45, 7) is 10.3. The van der Waals surface area contributed by atoms with Crippen LogP contribution in [0.5, 0.6) is 0 Å². The van der Waals surface area contributed by atoms with Crippen molar-refractivity contribution in [1.29, 1.82) is 0 Å². The molecule has 0 radical (unpaired) electrons. The van der Waals surface area contributed by atoms with Crippen molar-refractivity contribution >= 4 is 34.6 Å². The highest BCUT2D eigenvalue weighted by Gasteiger charge is 2.42. The molecule has 3 aromatic rings. The highest BCUT2D eigenvalue weighted by molar-refractivity contribution is 7.80. The molecule has 1 N–H and O–H groups in total. The minimum absolute atomic E-state index is 0.0160. The number of hydrogen-bond donors (Lipinski definition) is 1. The van der Waals surface area contributed by atoms with Crippen LogP contribution in [0.2, 0.25) is 5.02 Å². The molecular weight excluding hydrogens is 478 g/mol. The number of halogens is 1. The number of rotatable bonds is 7. The van der Waals surface area contributed by atoms with Gasteiger partial charge in [0.2, 0.25) is 0 Å². The molecule has 4 heterocycles. The lowest BCUT2D eigenvalue weighted by Crippen LogP contribution is -2.37. The van der Waals surface area contributed by atoms with Crippen LogP contribution in [0.15, 0.2) is 54.7 Å². The number of hydrogen-bond acceptors (Lipinski definition) is 4. The maximum atomic E-state index is 6.20. The lowest BCUT2D eigenvalue weighted by molar-refractivity contribution is 0.0369. The molecule has 2 unspecified atom stereocenters. The number of ether oxygens (including phenoxy) is 1. The van der Waals surface area contributed by atoms with E-state index in [4.69, 9.17) is 28.6 Å². The topological polar surface area (TPSA) is 45.6 Å². The number of nitrogens with zero attached hydrogens (tertiary/aromatic N) is 4. The molecule has 2 aliphatic rings. The number of aryl methyl sites for hydroxylation is 1. The van der Waals surface area contributed by atoms with E-state index < -0.39 is 0 Å². The summed E-state index contributed by atoms with van der Waals surface area (Å²) in [4.78, 5) is 9.39. The Morgan fingerprint density at radius 3 is 2.57 bits per heavy atom. The number of pyridine rings is 1. The maximum absolute atomic E-state index is 6.20. The fourth-order valence-electron chi connectivity index (χ4n) is 5.30. The van der Waals surface area contributed by atoms with Crippen LogP contribution in [-0.4, -0.2) is 52.4 Å². The minimum Gasteiger partial charge on any atom is -0.379 e. The predicted octanol–water partition coefficient (Wildman–Crippen LogP) is 5.05. The second-order valence-corrected chi connectivity index (χ2v) is 10.1. The Bertz CT molecular complexity index is 1160. The van der Waals surface area contributed by atoms with E-state index in [9.17, 15) is 0 Å². The number of aromatic nitrogens is 2. The SMILES string of the molecule is Cc1cc(C2C(c3ccccn3)NC(=S)N2c2ccc(Cl)cc2)c(C)n1CCCN1CCOCC1. The number of morpholine rings is 1. The van der Waals surface area contributed by atoms with Gasteiger partial charge in [0, 0.05) is 54.5 Å². The number of thiocarbonyl (C=S) groups is 1. The fourth-order valence-corrected chi connectivity index (χ4v) is 5.77. The molecule has 2 atom stereocenters. The van der Waals surface area contributed by atoms with E-state index >= 15 is 0 Å². The van der Waals surface area contributed by atoms with Crippen molar-refractivity contribution in [1.82, 2.24) is 19.8 Å². The Kier molecular flexibility index (Phi) is 7.39. The molecule has 1 aromatic carbocycles. The first kappa shape index (κ1) is 24.3. The normalized spacial score (nSPS) is 20.9. The highest BCUT2D eigenvalue weighted by atomic mass is 35.5. The first-order valence-corrected chi connectivity index (χ1v) is 13.0. The fraction of sp³-hybridized carbons (Fsp3) is 0.407. The van der Waals surface area contributed by atoms with Gasteiger partial charge in [0.1, 0.15) is 0 Å². The Morgan fingerprint density at radius 1 is 1.09 bits per heavy atom. The molecule has 2 aliphatic heterocycles. The Balaban J connectivity index is 1.46. The summed E-state index contributed by atoms with van der Waals surface area (Å²) in [5, 5.41) is 4.97. The standard InChI is InChI=1S/C27H32ClN5OS/c1-19-18-23(20(2)32(19)13-5-12-31-14-16-34-17-15-31)26-25(24-6-3-4-11-29-24)30-27(35)33(26)22-9-7-21(28)8-10-22/h3-4,6-11,18,25-26H,5,12-17H2,1-2H3,(H,30,35). The van der Waals surface area contributed by atoms with Crippen LogP contribution in [0.25, 0.3) is 0 Å². The van der Waals surface area contributed by atoms with Crippen LogP contribution in [0, 0.1) is 13.8 Å². The monoisotopic (exact) mass is 509 g/mol. The van der Waals surface area contributed by atoms with Crippen molar-refractivity contribution in [3.63, 3.8) is 0 Å². The summed E-state index contributed by atoms with van der Waals surface area (Å²) >= 11 is 12.1. The number of anilines is 1. The van der Waals surface area contributed by atoms with E-state index in [-0.39, 0.29) is 12.1 Å². The molecule has 2 saturated heterocycles. The average molecular weight is 510 g/mol. The predicted molar refractivity (Wildman–Crippen MR) is 145 cm³/mol. The molecule has 0 bridgehead atoms. The van der Waals surface area contributed by atoms with Crippen molar-refractivity contribution in [2.24, 2.45) is 0 Å². The van der Waals surface area contributed by atoms with Crippen LogP contribution >= 0.6 is 23.8 Å². The highest BCUT2D eigenvalue weighted by Crippen LogP contribution is 2.43. The quantitative estimate of drug-likeness (QED) is 0.449. The molecule has 5 rings (SSSR count). The van der Waals surface area contributed by atoms with Gasteiger partial charge in [-0.15, -0.1) is 0 Å². The number of benzene rings is 1. The van der Waals surface area contributed by atoms with E-state index in [1.54, 1.807) is 0 Å². The first-order valence-electron chi connectivity index (χ1n) is 12.3. The third-order valence-corrected chi connectivity index (χ3v) is 7.66. The molecular formula is C27H32ClN5OS. The van der Waals surface area contributed by atoms with E-state index in [1.165, 1.54) is 17.0 Å². The third kappa shape index (κ3) is 5.09. The van der Waals surface area contributed by atoms with Crippen LogP contribution in [0.1, 0.15) is 41.1 Å². The first-order chi connectivity index (χ1) is 17.0. The summed E-state index contributed by atoms with van der Waals surface area (Å²) in [6.07, 6.45) is 2.96. The van der Waals surface area contributed by atoms with Gasteiger partial charge in [-0.05, 0) is 80.5 Å². The average Bonchev–Trinajstić information content (AvgIpc) is 3.36. The van der Waals surface area contributed by atoms with Crippen molar-refractivity contribution in [3.05, 3.63) is 82.4 Å². The third-order valence-electron chi connectivity index (χ3n) is 7.09. The molecule has 0 spiro atoms. The lowest BCUT2D eigenvalue weighted by atomic mass is 9.96. The second kappa shape index (κ2) is 10.7. The molecule has 8 heteroatoms. The van der Waals surface area contributed by atoms with Gasteiger partial charge in [-0.25, -0.2) is 0 Å². The molecule has 35 heavy (non-hydrogen) atoms. The van der Waals surface area contributed by atoms with E-state index in [0.717, 1.165) is 57.2 Å². The van der Waals surface area contributed by atoms with Gasteiger partial charge >= 0.3 is 0 Å². The van der Waals surface area contributed by atoms with E-state index in [0.29, 0.717) is 10.1 Å². The van der Waals surface area contributed by atoms with E-state index in [2.05, 4.69) is 50.6 Å². The van der Waals surface area contributed by atoms with Gasteiger partial charge in [0.05, 0.1) is 31.0 Å². The van der Waals surface area contributed by atoms with Crippen LogP contribution in [0.4, 0.5) is 5.69 Å². The maximum Gasteiger partial charge on any atom is 0.174 e. The molecule has 2 aromatic heterocycles. The van der Waals surface area contributed by atoms with E-state index in [1.807, 2.05) is 42.6 Å².